The number of hydrogen-bond acceptors (Lipinski definition) is 2. The van der Waals surface area contributed by atoms with E-state index in [-0.39, 0.29) is 10.8 Å². The molecule has 4 heteroatoms. The van der Waals surface area contributed by atoms with Crippen LogP contribution >= 0.6 is 11.6 Å². The molecule has 0 saturated carbocycles. The SMILES string of the molecule is NC(=O)C#Cc1ccc(Cl)c(O)c1. The average molecular weight is 196 g/mol. The van der Waals surface area contributed by atoms with Crippen molar-refractivity contribution in [3.05, 3.63) is 28.8 Å². The van der Waals surface area contributed by atoms with E-state index in [0.717, 1.165) is 0 Å². The maximum Gasteiger partial charge on any atom is 0.293 e. The molecule has 0 aliphatic rings. The van der Waals surface area contributed by atoms with Crippen molar-refractivity contribution in [3.63, 3.8) is 0 Å². The number of primary amides is 1. The molecule has 0 aliphatic heterocycles. The van der Waals surface area contributed by atoms with Gasteiger partial charge in [0.1, 0.15) is 5.75 Å². The van der Waals surface area contributed by atoms with Crippen LogP contribution in [0.2, 0.25) is 5.02 Å². The molecule has 3 nitrogen and oxygen atoms in total. The highest BCUT2D eigenvalue weighted by Gasteiger charge is 1.97. The van der Waals surface area contributed by atoms with Crippen LogP contribution in [0.15, 0.2) is 18.2 Å². The lowest BCUT2D eigenvalue weighted by Crippen LogP contribution is -2.06. The Hall–Kier alpha value is -1.66. The largest absolute Gasteiger partial charge is 0.506 e. The van der Waals surface area contributed by atoms with Crippen molar-refractivity contribution >= 4 is 17.5 Å². The third-order valence-electron chi connectivity index (χ3n) is 1.28. The van der Waals surface area contributed by atoms with Crippen molar-refractivity contribution in [2.45, 2.75) is 0 Å². The number of benzene rings is 1. The number of carbonyl (C=O) groups is 1. The lowest BCUT2D eigenvalue weighted by atomic mass is 10.2. The summed E-state index contributed by atoms with van der Waals surface area (Å²) in [6.07, 6.45) is 0. The first kappa shape index (κ1) is 9.43. The summed E-state index contributed by atoms with van der Waals surface area (Å²) in [5.74, 6) is 3.83. The fourth-order valence-electron chi connectivity index (χ4n) is 0.724. The molecule has 0 radical (unpaired) electrons. The van der Waals surface area contributed by atoms with Gasteiger partial charge in [-0.3, -0.25) is 4.79 Å². The zero-order valence-corrected chi connectivity index (χ0v) is 7.30. The van der Waals surface area contributed by atoms with Crippen molar-refractivity contribution in [2.75, 3.05) is 0 Å². The van der Waals surface area contributed by atoms with E-state index in [9.17, 15) is 4.79 Å². The van der Waals surface area contributed by atoms with Gasteiger partial charge < -0.3 is 10.8 Å². The number of hydrogen-bond donors (Lipinski definition) is 2. The molecule has 3 N–H and O–H groups in total. The standard InChI is InChI=1S/C9H6ClNO2/c10-7-3-1-6(5-8(7)12)2-4-9(11)13/h1,3,5,12H,(H2,11,13). The Balaban J connectivity index is 3.00. The van der Waals surface area contributed by atoms with Gasteiger partial charge in [-0.2, -0.15) is 0 Å². The molecular weight excluding hydrogens is 190 g/mol. The first-order chi connectivity index (χ1) is 6.09. The number of halogens is 1. The van der Waals surface area contributed by atoms with Crippen molar-refractivity contribution in [2.24, 2.45) is 5.73 Å². The molecule has 0 aliphatic carbocycles. The third kappa shape index (κ3) is 2.69. The van der Waals surface area contributed by atoms with Crippen LogP contribution in [0.1, 0.15) is 5.56 Å². The first-order valence-corrected chi connectivity index (χ1v) is 3.77. The van der Waals surface area contributed by atoms with E-state index in [2.05, 4.69) is 11.8 Å². The molecule has 1 aromatic carbocycles. The van der Waals surface area contributed by atoms with E-state index in [1.165, 1.54) is 12.1 Å². The van der Waals surface area contributed by atoms with Gasteiger partial charge in [0.25, 0.3) is 5.91 Å². The van der Waals surface area contributed by atoms with Crippen LogP contribution in [0.5, 0.6) is 5.75 Å². The van der Waals surface area contributed by atoms with E-state index < -0.39 is 5.91 Å². The second kappa shape index (κ2) is 3.83. The monoisotopic (exact) mass is 195 g/mol. The first-order valence-electron chi connectivity index (χ1n) is 3.39. The number of amides is 1. The van der Waals surface area contributed by atoms with Crippen molar-refractivity contribution in [3.8, 4) is 17.6 Å². The number of phenolic OH excluding ortho intramolecular Hbond substituents is 1. The van der Waals surface area contributed by atoms with E-state index in [1.54, 1.807) is 6.07 Å². The molecule has 0 unspecified atom stereocenters. The van der Waals surface area contributed by atoms with Gasteiger partial charge in [0, 0.05) is 5.56 Å². The van der Waals surface area contributed by atoms with Gasteiger partial charge in [-0.25, -0.2) is 0 Å². The molecule has 13 heavy (non-hydrogen) atoms. The topological polar surface area (TPSA) is 63.3 Å². The number of phenols is 1. The summed E-state index contributed by atoms with van der Waals surface area (Å²) >= 11 is 5.55. The second-order valence-corrected chi connectivity index (χ2v) is 2.69. The van der Waals surface area contributed by atoms with Gasteiger partial charge in [-0.1, -0.05) is 17.5 Å². The second-order valence-electron chi connectivity index (χ2n) is 2.28. The normalized spacial score (nSPS) is 8.69. The van der Waals surface area contributed by atoms with Gasteiger partial charge in [0.15, 0.2) is 0 Å². The molecule has 0 fully saturated rings. The minimum Gasteiger partial charge on any atom is -0.506 e. The molecule has 1 aromatic rings. The Morgan fingerprint density at radius 2 is 2.23 bits per heavy atom. The number of nitrogens with two attached hydrogens (primary N) is 1. The summed E-state index contributed by atoms with van der Waals surface area (Å²) in [6.45, 7) is 0. The Morgan fingerprint density at radius 3 is 2.77 bits per heavy atom. The number of rotatable bonds is 0. The lowest BCUT2D eigenvalue weighted by molar-refractivity contribution is -0.112. The molecule has 0 bridgehead atoms. The van der Waals surface area contributed by atoms with Gasteiger partial charge in [0.05, 0.1) is 5.02 Å². The Labute approximate surface area is 80.1 Å². The van der Waals surface area contributed by atoms with E-state index >= 15 is 0 Å². The highest BCUT2D eigenvalue weighted by Crippen LogP contribution is 2.22. The highest BCUT2D eigenvalue weighted by atomic mass is 35.5. The summed E-state index contributed by atoms with van der Waals surface area (Å²) in [5.41, 5.74) is 5.29. The third-order valence-corrected chi connectivity index (χ3v) is 1.60. The van der Waals surface area contributed by atoms with Gasteiger partial charge >= 0.3 is 0 Å². The predicted octanol–water partition coefficient (Wildman–Crippen LogP) is 0.882. The summed E-state index contributed by atoms with van der Waals surface area (Å²) in [4.78, 5) is 10.3. The van der Waals surface area contributed by atoms with Crippen LogP contribution in [-0.2, 0) is 4.79 Å². The number of aromatic hydroxyl groups is 1. The van der Waals surface area contributed by atoms with Gasteiger partial charge in [-0.15, -0.1) is 0 Å². The van der Waals surface area contributed by atoms with Gasteiger partial charge in [0.2, 0.25) is 0 Å². The van der Waals surface area contributed by atoms with Crippen LogP contribution < -0.4 is 5.73 Å². The molecule has 0 aromatic heterocycles. The number of carbonyl (C=O) groups excluding carboxylic acids is 1. The summed E-state index contributed by atoms with van der Waals surface area (Å²) < 4.78 is 0. The molecule has 1 amide bonds. The molecule has 0 heterocycles. The lowest BCUT2D eigenvalue weighted by Gasteiger charge is -1.95. The molecule has 0 spiro atoms. The molecule has 1 rings (SSSR count). The minimum absolute atomic E-state index is 0.0714. The Kier molecular flexibility index (Phi) is 2.78. The van der Waals surface area contributed by atoms with Crippen LogP contribution in [0, 0.1) is 11.8 Å². The van der Waals surface area contributed by atoms with E-state index in [1.807, 2.05) is 0 Å². The minimum atomic E-state index is -0.713. The predicted molar refractivity (Wildman–Crippen MR) is 49.2 cm³/mol. The Morgan fingerprint density at radius 1 is 1.54 bits per heavy atom. The van der Waals surface area contributed by atoms with Crippen LogP contribution in [0.4, 0.5) is 0 Å². The molecular formula is C9H6ClNO2. The maximum absolute atomic E-state index is 10.3. The zero-order valence-electron chi connectivity index (χ0n) is 6.54. The van der Waals surface area contributed by atoms with Crippen molar-refractivity contribution in [1.82, 2.24) is 0 Å². The fraction of sp³-hybridized carbons (Fsp3) is 0. The van der Waals surface area contributed by atoms with Crippen LogP contribution in [0.25, 0.3) is 0 Å². The smallest absolute Gasteiger partial charge is 0.293 e. The molecule has 0 saturated heterocycles. The summed E-state index contributed by atoms with van der Waals surface area (Å²) in [6, 6.07) is 4.43. The zero-order chi connectivity index (χ0) is 9.84. The summed E-state index contributed by atoms with van der Waals surface area (Å²) in [5, 5.41) is 9.39. The molecule has 66 valence electrons. The fourth-order valence-corrected chi connectivity index (χ4v) is 0.842. The highest BCUT2D eigenvalue weighted by molar-refractivity contribution is 6.32. The van der Waals surface area contributed by atoms with Crippen molar-refractivity contribution < 1.29 is 9.90 Å². The quantitative estimate of drug-likeness (QED) is 0.604. The maximum atomic E-state index is 10.3. The van der Waals surface area contributed by atoms with Crippen LogP contribution in [0.3, 0.4) is 0 Å². The van der Waals surface area contributed by atoms with Crippen molar-refractivity contribution in [1.29, 1.82) is 0 Å². The molecule has 0 atom stereocenters. The van der Waals surface area contributed by atoms with E-state index in [4.69, 9.17) is 22.4 Å². The average Bonchev–Trinajstić information content (AvgIpc) is 2.07. The Bertz CT molecular complexity index is 404. The summed E-state index contributed by atoms with van der Waals surface area (Å²) in [7, 11) is 0. The van der Waals surface area contributed by atoms with Gasteiger partial charge in [-0.05, 0) is 24.1 Å². The van der Waals surface area contributed by atoms with Crippen LogP contribution in [-0.4, -0.2) is 11.0 Å². The van der Waals surface area contributed by atoms with E-state index in [0.29, 0.717) is 5.56 Å².